The Morgan fingerprint density at radius 2 is 2.30 bits per heavy atom. The summed E-state index contributed by atoms with van der Waals surface area (Å²) in [4.78, 5) is 10.4. The van der Waals surface area contributed by atoms with Gasteiger partial charge in [0.25, 0.3) is 0 Å². The second-order valence-corrected chi connectivity index (χ2v) is 1.60. The minimum Gasteiger partial charge on any atom is -0.467 e. The van der Waals surface area contributed by atoms with Crippen molar-refractivity contribution < 1.29 is 14.6 Å². The van der Waals surface area contributed by atoms with E-state index in [-0.39, 0.29) is 19.0 Å². The van der Waals surface area contributed by atoms with E-state index in [1.165, 1.54) is 7.11 Å². The zero-order valence-corrected chi connectivity index (χ0v) is 6.77. The molecule has 10 heavy (non-hydrogen) atoms. The second-order valence-electron chi connectivity index (χ2n) is 1.60. The van der Waals surface area contributed by atoms with Gasteiger partial charge in [-0.2, -0.15) is 0 Å². The molecule has 2 N–H and O–H groups in total. The van der Waals surface area contributed by atoms with E-state index in [1.807, 2.05) is 0 Å². The summed E-state index contributed by atoms with van der Waals surface area (Å²) in [6, 6.07) is 0. The van der Waals surface area contributed by atoms with Gasteiger partial charge in [-0.1, -0.05) is 0 Å². The molecule has 5 heteroatoms. The second kappa shape index (κ2) is 6.80. The van der Waals surface area contributed by atoms with Gasteiger partial charge in [-0.15, -0.1) is 12.4 Å². The molecule has 0 aromatic rings. The zero-order chi connectivity index (χ0) is 7.28. The van der Waals surface area contributed by atoms with Crippen molar-refractivity contribution in [3.63, 3.8) is 0 Å². The van der Waals surface area contributed by atoms with Crippen molar-refractivity contribution >= 4 is 18.4 Å². The van der Waals surface area contributed by atoms with Gasteiger partial charge in [-0.3, -0.25) is 0 Å². The van der Waals surface area contributed by atoms with Crippen molar-refractivity contribution in [2.45, 2.75) is 6.10 Å². The van der Waals surface area contributed by atoms with Crippen molar-refractivity contribution in [2.24, 2.45) is 0 Å². The maximum atomic E-state index is 10.4. The van der Waals surface area contributed by atoms with Crippen molar-refractivity contribution in [1.82, 2.24) is 5.32 Å². The minimum atomic E-state index is -1.04. The van der Waals surface area contributed by atoms with Crippen molar-refractivity contribution in [1.29, 1.82) is 0 Å². The number of halogens is 1. The molecule has 1 atom stereocenters. The van der Waals surface area contributed by atoms with E-state index in [2.05, 4.69) is 10.1 Å². The maximum absolute atomic E-state index is 10.4. The molecular formula is C5H12ClNO3. The predicted octanol–water partition coefficient (Wildman–Crippen LogP) is -0.839. The summed E-state index contributed by atoms with van der Waals surface area (Å²) in [6.45, 7) is 0.229. The van der Waals surface area contributed by atoms with E-state index in [1.54, 1.807) is 7.05 Å². The molecule has 1 unspecified atom stereocenters. The van der Waals surface area contributed by atoms with Gasteiger partial charge in [0, 0.05) is 6.54 Å². The summed E-state index contributed by atoms with van der Waals surface area (Å²) in [5.41, 5.74) is 0. The van der Waals surface area contributed by atoms with Crippen LogP contribution in [0.1, 0.15) is 0 Å². The quantitative estimate of drug-likeness (QED) is 0.541. The van der Waals surface area contributed by atoms with Crippen molar-refractivity contribution in [2.75, 3.05) is 20.7 Å². The first kappa shape index (κ1) is 12.4. The summed E-state index contributed by atoms with van der Waals surface area (Å²) in [5.74, 6) is -0.607. The number of rotatable bonds is 3. The Bertz CT molecular complexity index is 98.9. The topological polar surface area (TPSA) is 58.6 Å². The fourth-order valence-corrected chi connectivity index (χ4v) is 0.413. The first-order valence-corrected chi connectivity index (χ1v) is 2.63. The molecule has 0 heterocycles. The standard InChI is InChI=1S/C5H11NO3.ClH/c1-6-3-4(7)5(8)9-2;/h4,6-7H,3H2,1-2H3;1H. The predicted molar refractivity (Wildman–Crippen MR) is 39.2 cm³/mol. The molecule has 0 bridgehead atoms. The first-order valence-electron chi connectivity index (χ1n) is 2.63. The number of aliphatic hydroxyl groups excluding tert-OH is 1. The largest absolute Gasteiger partial charge is 0.467 e. The van der Waals surface area contributed by atoms with Gasteiger partial charge in [0.1, 0.15) is 0 Å². The summed E-state index contributed by atoms with van der Waals surface area (Å²) in [7, 11) is 2.88. The lowest BCUT2D eigenvalue weighted by Crippen LogP contribution is -2.31. The molecule has 0 radical (unpaired) electrons. The number of hydrogen-bond acceptors (Lipinski definition) is 4. The van der Waals surface area contributed by atoms with Gasteiger partial charge in [-0.05, 0) is 7.05 Å². The molecule has 0 aromatic heterocycles. The Kier molecular flexibility index (Phi) is 8.40. The molecule has 0 fully saturated rings. The van der Waals surface area contributed by atoms with Gasteiger partial charge < -0.3 is 15.2 Å². The van der Waals surface area contributed by atoms with E-state index < -0.39 is 12.1 Å². The number of carbonyl (C=O) groups is 1. The molecule has 0 saturated carbocycles. The Labute approximate surface area is 66.0 Å². The summed E-state index contributed by atoms with van der Waals surface area (Å²) >= 11 is 0. The average Bonchev–Trinajstić information content (AvgIpc) is 1.87. The van der Waals surface area contributed by atoms with E-state index in [4.69, 9.17) is 5.11 Å². The molecule has 62 valence electrons. The average molecular weight is 170 g/mol. The molecule has 0 aliphatic rings. The molecule has 0 aliphatic heterocycles. The van der Waals surface area contributed by atoms with Crippen molar-refractivity contribution in [3.8, 4) is 0 Å². The third-order valence-corrected chi connectivity index (χ3v) is 0.871. The summed E-state index contributed by atoms with van der Waals surface area (Å²) in [5, 5.41) is 11.4. The van der Waals surface area contributed by atoms with Gasteiger partial charge in [0.2, 0.25) is 0 Å². The molecular weight excluding hydrogens is 158 g/mol. The van der Waals surface area contributed by atoms with E-state index in [0.717, 1.165) is 0 Å². The number of nitrogens with one attached hydrogen (secondary N) is 1. The van der Waals surface area contributed by atoms with Gasteiger partial charge in [0.15, 0.2) is 6.10 Å². The van der Waals surface area contributed by atoms with Crippen LogP contribution in [0.25, 0.3) is 0 Å². The van der Waals surface area contributed by atoms with Crippen LogP contribution in [-0.2, 0) is 9.53 Å². The van der Waals surface area contributed by atoms with Gasteiger partial charge in [-0.25, -0.2) is 4.79 Å². The molecule has 0 aliphatic carbocycles. The number of ether oxygens (including phenoxy) is 1. The Balaban J connectivity index is 0. The van der Waals surface area contributed by atoms with Crippen LogP contribution in [0.2, 0.25) is 0 Å². The molecule has 0 aromatic carbocycles. The molecule has 0 saturated heterocycles. The zero-order valence-electron chi connectivity index (χ0n) is 5.96. The van der Waals surface area contributed by atoms with Crippen LogP contribution in [-0.4, -0.2) is 37.9 Å². The molecule has 4 nitrogen and oxygen atoms in total. The first-order chi connectivity index (χ1) is 4.22. The normalized spacial score (nSPS) is 11.5. The van der Waals surface area contributed by atoms with Crippen LogP contribution in [0, 0.1) is 0 Å². The highest BCUT2D eigenvalue weighted by Crippen LogP contribution is 1.82. The minimum absolute atomic E-state index is 0. The van der Waals surface area contributed by atoms with Crippen LogP contribution in [0.3, 0.4) is 0 Å². The number of aliphatic hydroxyl groups is 1. The van der Waals surface area contributed by atoms with Gasteiger partial charge >= 0.3 is 5.97 Å². The van der Waals surface area contributed by atoms with Crippen LogP contribution in [0.5, 0.6) is 0 Å². The highest BCUT2D eigenvalue weighted by atomic mass is 35.5. The number of methoxy groups -OCH3 is 1. The monoisotopic (exact) mass is 169 g/mol. The van der Waals surface area contributed by atoms with Crippen LogP contribution in [0.4, 0.5) is 0 Å². The van der Waals surface area contributed by atoms with E-state index in [9.17, 15) is 4.79 Å². The van der Waals surface area contributed by atoms with Crippen LogP contribution in [0.15, 0.2) is 0 Å². The fourth-order valence-electron chi connectivity index (χ4n) is 0.413. The highest BCUT2D eigenvalue weighted by molar-refractivity contribution is 5.85. The number of likely N-dealkylation sites (N-methyl/N-ethyl adjacent to an activating group) is 1. The van der Waals surface area contributed by atoms with Gasteiger partial charge in [0.05, 0.1) is 7.11 Å². The molecule has 0 amide bonds. The van der Waals surface area contributed by atoms with E-state index >= 15 is 0 Å². The lowest BCUT2D eigenvalue weighted by atomic mass is 10.4. The van der Waals surface area contributed by atoms with Crippen molar-refractivity contribution in [3.05, 3.63) is 0 Å². The third-order valence-electron chi connectivity index (χ3n) is 0.871. The summed E-state index contributed by atoms with van der Waals surface area (Å²) < 4.78 is 4.24. The lowest BCUT2D eigenvalue weighted by molar-refractivity contribution is -0.150. The Morgan fingerprint density at radius 3 is 2.60 bits per heavy atom. The lowest BCUT2D eigenvalue weighted by Gasteiger charge is -2.05. The molecule has 0 rings (SSSR count). The third kappa shape index (κ3) is 4.55. The Hall–Kier alpha value is -0.320. The van der Waals surface area contributed by atoms with Crippen LogP contribution < -0.4 is 5.32 Å². The van der Waals surface area contributed by atoms with Crippen LogP contribution >= 0.6 is 12.4 Å². The maximum Gasteiger partial charge on any atom is 0.336 e. The van der Waals surface area contributed by atoms with E-state index in [0.29, 0.717) is 0 Å². The smallest absolute Gasteiger partial charge is 0.336 e. The number of carbonyl (C=O) groups excluding carboxylic acids is 1. The number of hydrogen-bond donors (Lipinski definition) is 2. The fraction of sp³-hybridized carbons (Fsp3) is 0.800. The highest BCUT2D eigenvalue weighted by Gasteiger charge is 2.12. The summed E-state index contributed by atoms with van der Waals surface area (Å²) in [6.07, 6.45) is -1.04. The number of esters is 1. The Morgan fingerprint density at radius 1 is 1.80 bits per heavy atom. The SMILES string of the molecule is CNCC(O)C(=O)OC.Cl. The molecule has 0 spiro atoms.